The van der Waals surface area contributed by atoms with Crippen LogP contribution in [0, 0.1) is 26.6 Å². The number of hydrogen-bond acceptors (Lipinski definition) is 3. The number of rotatable bonds is 6. The van der Waals surface area contributed by atoms with Crippen LogP contribution in [0.15, 0.2) is 36.4 Å². The topological polar surface area (TPSA) is 52.6 Å². The van der Waals surface area contributed by atoms with Gasteiger partial charge in [0.1, 0.15) is 5.82 Å². The van der Waals surface area contributed by atoms with Crippen LogP contribution in [-0.4, -0.2) is 36.1 Å². The lowest BCUT2D eigenvalue weighted by Crippen LogP contribution is -2.33. The lowest BCUT2D eigenvalue weighted by Gasteiger charge is -2.21. The molecule has 2 aromatic carbocycles. The van der Waals surface area contributed by atoms with Gasteiger partial charge in [-0.25, -0.2) is 4.39 Å². The number of hydrogen-bond donors (Lipinski definition) is 2. The number of anilines is 1. The Morgan fingerprint density at radius 3 is 2.28 bits per heavy atom. The monoisotopic (exact) mass is 344 g/mol. The molecule has 0 saturated carbocycles. The summed E-state index contributed by atoms with van der Waals surface area (Å²) in [5.41, 5.74) is 4.68. The molecule has 2 rings (SSSR count). The maximum absolute atomic E-state index is 12.9. The van der Waals surface area contributed by atoms with E-state index in [1.807, 2.05) is 32.9 Å². The second-order valence-corrected chi connectivity index (χ2v) is 6.59. The molecular formula is C20H25FN2O2. The van der Waals surface area contributed by atoms with Gasteiger partial charge in [0, 0.05) is 12.2 Å². The van der Waals surface area contributed by atoms with Gasteiger partial charge in [0.2, 0.25) is 5.91 Å². The number of carbonyl (C=O) groups excluding carboxylic acids is 1. The summed E-state index contributed by atoms with van der Waals surface area (Å²) in [5, 5.41) is 13.2. The van der Waals surface area contributed by atoms with E-state index in [9.17, 15) is 14.3 Å². The Labute approximate surface area is 148 Å². The molecule has 1 atom stereocenters. The van der Waals surface area contributed by atoms with E-state index < -0.39 is 6.10 Å². The number of aliphatic hydroxyl groups is 1. The van der Waals surface area contributed by atoms with Crippen molar-refractivity contribution in [3.63, 3.8) is 0 Å². The van der Waals surface area contributed by atoms with Gasteiger partial charge in [0.25, 0.3) is 0 Å². The minimum Gasteiger partial charge on any atom is -0.387 e. The summed E-state index contributed by atoms with van der Waals surface area (Å²) in [6, 6.07) is 9.79. The van der Waals surface area contributed by atoms with Gasteiger partial charge in [-0.05, 0) is 56.6 Å². The summed E-state index contributed by atoms with van der Waals surface area (Å²) >= 11 is 0. The van der Waals surface area contributed by atoms with Gasteiger partial charge in [0.05, 0.1) is 12.6 Å². The van der Waals surface area contributed by atoms with Crippen LogP contribution >= 0.6 is 0 Å². The normalized spacial score (nSPS) is 12.3. The zero-order chi connectivity index (χ0) is 18.6. The summed E-state index contributed by atoms with van der Waals surface area (Å²) < 4.78 is 12.9. The van der Waals surface area contributed by atoms with E-state index >= 15 is 0 Å². The highest BCUT2D eigenvalue weighted by atomic mass is 19.1. The summed E-state index contributed by atoms with van der Waals surface area (Å²) in [4.78, 5) is 14.0. The van der Waals surface area contributed by atoms with Crippen molar-refractivity contribution in [1.82, 2.24) is 4.90 Å². The Balaban J connectivity index is 1.93. The predicted octanol–water partition coefficient (Wildman–Crippen LogP) is 3.35. The van der Waals surface area contributed by atoms with E-state index in [1.165, 1.54) is 12.1 Å². The van der Waals surface area contributed by atoms with Crippen LogP contribution < -0.4 is 5.32 Å². The van der Waals surface area contributed by atoms with Crippen molar-refractivity contribution >= 4 is 11.6 Å². The third-order valence-electron chi connectivity index (χ3n) is 4.09. The Morgan fingerprint density at radius 1 is 1.16 bits per heavy atom. The maximum Gasteiger partial charge on any atom is 0.238 e. The molecule has 4 nitrogen and oxygen atoms in total. The molecule has 2 N–H and O–H groups in total. The van der Waals surface area contributed by atoms with Gasteiger partial charge in [-0.2, -0.15) is 0 Å². The molecule has 0 fully saturated rings. The first-order valence-electron chi connectivity index (χ1n) is 8.26. The van der Waals surface area contributed by atoms with E-state index in [1.54, 1.807) is 24.1 Å². The van der Waals surface area contributed by atoms with Crippen molar-refractivity contribution in [2.45, 2.75) is 26.9 Å². The smallest absolute Gasteiger partial charge is 0.238 e. The van der Waals surface area contributed by atoms with Gasteiger partial charge in [0.15, 0.2) is 0 Å². The Bertz CT molecular complexity index is 721. The quantitative estimate of drug-likeness (QED) is 0.845. The zero-order valence-corrected chi connectivity index (χ0v) is 15.1. The molecule has 0 radical (unpaired) electrons. The zero-order valence-electron chi connectivity index (χ0n) is 15.1. The Morgan fingerprint density at radius 2 is 1.72 bits per heavy atom. The molecule has 2 aromatic rings. The van der Waals surface area contributed by atoms with Crippen molar-refractivity contribution in [1.29, 1.82) is 0 Å². The van der Waals surface area contributed by atoms with Crippen LogP contribution in [0.4, 0.5) is 10.1 Å². The van der Waals surface area contributed by atoms with Crippen LogP contribution in [-0.2, 0) is 4.79 Å². The molecule has 134 valence electrons. The van der Waals surface area contributed by atoms with Crippen molar-refractivity contribution in [2.24, 2.45) is 0 Å². The molecule has 0 bridgehead atoms. The summed E-state index contributed by atoms with van der Waals surface area (Å²) in [6.07, 6.45) is -0.777. The molecule has 0 heterocycles. The molecular weight excluding hydrogens is 319 g/mol. The van der Waals surface area contributed by atoms with E-state index in [2.05, 4.69) is 5.32 Å². The van der Waals surface area contributed by atoms with Crippen LogP contribution in [0.2, 0.25) is 0 Å². The van der Waals surface area contributed by atoms with Gasteiger partial charge < -0.3 is 10.4 Å². The Hall–Kier alpha value is -2.24. The highest BCUT2D eigenvalue weighted by Crippen LogP contribution is 2.22. The first-order valence-corrected chi connectivity index (χ1v) is 8.26. The van der Waals surface area contributed by atoms with Crippen molar-refractivity contribution in [2.75, 3.05) is 25.5 Å². The summed E-state index contributed by atoms with van der Waals surface area (Å²) in [6.45, 7) is 6.40. The highest BCUT2D eigenvalue weighted by molar-refractivity contribution is 5.93. The lowest BCUT2D eigenvalue weighted by molar-refractivity contribution is -0.117. The highest BCUT2D eigenvalue weighted by Gasteiger charge is 2.15. The number of aliphatic hydroxyl groups excluding tert-OH is 1. The largest absolute Gasteiger partial charge is 0.387 e. The predicted molar refractivity (Wildman–Crippen MR) is 98.1 cm³/mol. The lowest BCUT2D eigenvalue weighted by atomic mass is 10.1. The van der Waals surface area contributed by atoms with Crippen molar-refractivity contribution in [3.05, 3.63) is 64.5 Å². The number of amides is 1. The Kier molecular flexibility index (Phi) is 6.28. The third-order valence-corrected chi connectivity index (χ3v) is 4.09. The van der Waals surface area contributed by atoms with Gasteiger partial charge >= 0.3 is 0 Å². The number of nitrogens with zero attached hydrogens (tertiary/aromatic N) is 1. The average Bonchev–Trinajstić information content (AvgIpc) is 2.51. The molecule has 0 aliphatic rings. The number of benzene rings is 2. The summed E-state index contributed by atoms with van der Waals surface area (Å²) in [5.74, 6) is -0.476. The summed E-state index contributed by atoms with van der Waals surface area (Å²) in [7, 11) is 1.77. The molecule has 0 aliphatic heterocycles. The molecule has 0 spiro atoms. The van der Waals surface area contributed by atoms with Crippen LogP contribution in [0.25, 0.3) is 0 Å². The van der Waals surface area contributed by atoms with Crippen molar-refractivity contribution < 1.29 is 14.3 Å². The fraction of sp³-hybridized carbons (Fsp3) is 0.350. The minimum atomic E-state index is -0.777. The molecule has 25 heavy (non-hydrogen) atoms. The van der Waals surface area contributed by atoms with E-state index in [4.69, 9.17) is 0 Å². The first-order chi connectivity index (χ1) is 11.8. The van der Waals surface area contributed by atoms with E-state index in [-0.39, 0.29) is 24.8 Å². The fourth-order valence-corrected chi connectivity index (χ4v) is 2.95. The number of aryl methyl sites for hydroxylation is 3. The van der Waals surface area contributed by atoms with Gasteiger partial charge in [-0.15, -0.1) is 0 Å². The SMILES string of the molecule is Cc1cc(C)c(NC(=O)CN(C)CC(O)c2ccc(F)cc2)c(C)c1. The van der Waals surface area contributed by atoms with E-state index in [0.29, 0.717) is 5.56 Å². The number of nitrogens with one attached hydrogen (secondary N) is 1. The van der Waals surface area contributed by atoms with Gasteiger partial charge in [-0.1, -0.05) is 29.8 Å². The number of halogens is 1. The number of likely N-dealkylation sites (N-methyl/N-ethyl adjacent to an activating group) is 1. The van der Waals surface area contributed by atoms with E-state index in [0.717, 1.165) is 22.4 Å². The maximum atomic E-state index is 12.9. The molecule has 0 aliphatic carbocycles. The second kappa shape index (κ2) is 8.23. The molecule has 0 saturated heterocycles. The average molecular weight is 344 g/mol. The molecule has 5 heteroatoms. The number of carbonyl (C=O) groups is 1. The molecule has 1 unspecified atom stereocenters. The fourth-order valence-electron chi connectivity index (χ4n) is 2.95. The van der Waals surface area contributed by atoms with Crippen LogP contribution in [0.5, 0.6) is 0 Å². The van der Waals surface area contributed by atoms with Crippen LogP contribution in [0.3, 0.4) is 0 Å². The van der Waals surface area contributed by atoms with Crippen molar-refractivity contribution in [3.8, 4) is 0 Å². The molecule has 1 amide bonds. The van der Waals surface area contributed by atoms with Crippen LogP contribution in [0.1, 0.15) is 28.4 Å². The first kappa shape index (κ1) is 19.1. The standard InChI is InChI=1S/C20H25FN2O2/c1-13-9-14(2)20(15(3)10-13)22-19(25)12-23(4)11-18(24)16-5-7-17(21)8-6-16/h5-10,18,24H,11-12H2,1-4H3,(H,22,25). The van der Waals surface area contributed by atoms with Gasteiger partial charge in [-0.3, -0.25) is 9.69 Å². The third kappa shape index (κ3) is 5.37. The second-order valence-electron chi connectivity index (χ2n) is 6.59. The minimum absolute atomic E-state index is 0.135. The molecule has 0 aromatic heterocycles.